The molecule has 2 heterocycles. The van der Waals surface area contributed by atoms with E-state index in [0.29, 0.717) is 23.9 Å². The summed E-state index contributed by atoms with van der Waals surface area (Å²) in [5.74, 6) is 0.919. The van der Waals surface area contributed by atoms with E-state index in [4.69, 9.17) is 19.3 Å². The Bertz CT molecular complexity index is 1140. The molecule has 0 radical (unpaired) electrons. The average Bonchev–Trinajstić information content (AvgIpc) is 2.86. The summed E-state index contributed by atoms with van der Waals surface area (Å²) in [5.41, 5.74) is 2.34. The molecule has 34 heavy (non-hydrogen) atoms. The summed E-state index contributed by atoms with van der Waals surface area (Å²) >= 11 is 0. The number of rotatable bonds is 10. The standard InChI is InChI=1S/C25H28N4O5/c1-32-22-15-20-21(16-23(22)34-12-2-9-29-10-13-33-14-11-29)26-17-27-25(20)28-19-6-3-18(4-7-19)5-8-24(30)31/h3-8,15-17H,2,9-14H2,1H3,(H,30,31)(H,26,27,28)/b8-5+. The number of hydrogen-bond donors (Lipinski definition) is 2. The van der Waals surface area contributed by atoms with Crippen LogP contribution in [-0.4, -0.2) is 72.5 Å². The third-order valence-corrected chi connectivity index (χ3v) is 5.49. The second-order valence-electron chi connectivity index (χ2n) is 7.82. The lowest BCUT2D eigenvalue weighted by Crippen LogP contribution is -2.37. The van der Waals surface area contributed by atoms with Gasteiger partial charge in [-0.3, -0.25) is 4.90 Å². The quantitative estimate of drug-likeness (QED) is 0.344. The van der Waals surface area contributed by atoms with Gasteiger partial charge in [0.15, 0.2) is 11.5 Å². The maximum Gasteiger partial charge on any atom is 0.328 e. The van der Waals surface area contributed by atoms with Gasteiger partial charge in [0.1, 0.15) is 12.1 Å². The first-order chi connectivity index (χ1) is 16.6. The molecule has 9 nitrogen and oxygen atoms in total. The Morgan fingerprint density at radius 2 is 1.97 bits per heavy atom. The number of carboxylic acid groups (broad SMARTS) is 1. The van der Waals surface area contributed by atoms with Gasteiger partial charge in [-0.25, -0.2) is 14.8 Å². The van der Waals surface area contributed by atoms with Gasteiger partial charge in [0.25, 0.3) is 0 Å². The zero-order valence-electron chi connectivity index (χ0n) is 19.1. The molecule has 1 aromatic heterocycles. The lowest BCUT2D eigenvalue weighted by Gasteiger charge is -2.26. The number of aliphatic carboxylic acids is 1. The van der Waals surface area contributed by atoms with Crippen LogP contribution in [-0.2, 0) is 9.53 Å². The first-order valence-corrected chi connectivity index (χ1v) is 11.2. The number of anilines is 2. The summed E-state index contributed by atoms with van der Waals surface area (Å²) in [6, 6.07) is 11.1. The maximum absolute atomic E-state index is 10.7. The number of hydrogen-bond acceptors (Lipinski definition) is 8. The maximum atomic E-state index is 10.7. The molecule has 0 unspecified atom stereocenters. The Balaban J connectivity index is 1.45. The van der Waals surface area contributed by atoms with E-state index in [1.807, 2.05) is 36.4 Å². The van der Waals surface area contributed by atoms with Gasteiger partial charge in [0, 0.05) is 42.9 Å². The van der Waals surface area contributed by atoms with Crippen molar-refractivity contribution < 1.29 is 24.1 Å². The van der Waals surface area contributed by atoms with E-state index in [1.165, 1.54) is 6.33 Å². The number of carboxylic acids is 1. The molecule has 0 amide bonds. The lowest BCUT2D eigenvalue weighted by atomic mass is 10.1. The first-order valence-electron chi connectivity index (χ1n) is 11.2. The van der Waals surface area contributed by atoms with E-state index in [-0.39, 0.29) is 0 Å². The number of nitrogens with one attached hydrogen (secondary N) is 1. The smallest absolute Gasteiger partial charge is 0.328 e. The molecule has 0 spiro atoms. The third-order valence-electron chi connectivity index (χ3n) is 5.49. The second-order valence-corrected chi connectivity index (χ2v) is 7.82. The van der Waals surface area contributed by atoms with E-state index in [2.05, 4.69) is 20.2 Å². The highest BCUT2D eigenvalue weighted by molar-refractivity contribution is 5.93. The summed E-state index contributed by atoms with van der Waals surface area (Å²) in [6.45, 7) is 5.07. The van der Waals surface area contributed by atoms with Gasteiger partial charge in [-0.15, -0.1) is 0 Å². The Morgan fingerprint density at radius 3 is 2.71 bits per heavy atom. The minimum atomic E-state index is -0.982. The molecule has 2 aromatic carbocycles. The summed E-state index contributed by atoms with van der Waals surface area (Å²) < 4.78 is 17.0. The molecule has 1 aliphatic rings. The highest BCUT2D eigenvalue weighted by Crippen LogP contribution is 2.34. The van der Waals surface area contributed by atoms with E-state index in [0.717, 1.165) is 67.5 Å². The van der Waals surface area contributed by atoms with Crippen LogP contribution >= 0.6 is 0 Å². The largest absolute Gasteiger partial charge is 0.493 e. The number of aromatic nitrogens is 2. The van der Waals surface area contributed by atoms with Crippen molar-refractivity contribution in [2.24, 2.45) is 0 Å². The van der Waals surface area contributed by atoms with Gasteiger partial charge in [-0.2, -0.15) is 0 Å². The van der Waals surface area contributed by atoms with Crippen molar-refractivity contribution in [3.05, 3.63) is 54.4 Å². The number of carbonyl (C=O) groups is 1. The molecule has 1 aliphatic heterocycles. The second kappa shape index (κ2) is 11.4. The van der Waals surface area contributed by atoms with Crippen molar-refractivity contribution >= 4 is 34.5 Å². The molecule has 4 rings (SSSR count). The Labute approximate surface area is 198 Å². The highest BCUT2D eigenvalue weighted by Gasteiger charge is 2.13. The molecular weight excluding hydrogens is 436 g/mol. The van der Waals surface area contributed by atoms with E-state index >= 15 is 0 Å². The van der Waals surface area contributed by atoms with Crippen LogP contribution in [0.15, 0.2) is 48.8 Å². The fourth-order valence-electron chi connectivity index (χ4n) is 3.71. The van der Waals surface area contributed by atoms with Crippen molar-refractivity contribution in [3.8, 4) is 11.5 Å². The monoisotopic (exact) mass is 464 g/mol. The molecule has 0 atom stereocenters. The zero-order valence-corrected chi connectivity index (χ0v) is 19.1. The minimum absolute atomic E-state index is 0.581. The number of methoxy groups -OCH3 is 1. The van der Waals surface area contributed by atoms with Crippen molar-refractivity contribution in [2.75, 3.05) is 51.9 Å². The Morgan fingerprint density at radius 1 is 1.18 bits per heavy atom. The molecule has 2 N–H and O–H groups in total. The topological polar surface area (TPSA) is 106 Å². The average molecular weight is 465 g/mol. The first kappa shape index (κ1) is 23.5. The number of benzene rings is 2. The molecule has 1 saturated heterocycles. The molecule has 0 saturated carbocycles. The number of fused-ring (bicyclic) bond motifs is 1. The molecule has 178 valence electrons. The predicted molar refractivity (Wildman–Crippen MR) is 130 cm³/mol. The van der Waals surface area contributed by atoms with Crippen molar-refractivity contribution in [1.82, 2.24) is 14.9 Å². The summed E-state index contributed by atoms with van der Waals surface area (Å²) in [4.78, 5) is 21.9. The SMILES string of the molecule is COc1cc2c(Nc3ccc(/C=C/C(=O)O)cc3)ncnc2cc1OCCCN1CCOCC1. The van der Waals surface area contributed by atoms with Crippen LogP contribution in [0.3, 0.4) is 0 Å². The Kier molecular flexibility index (Phi) is 7.90. The molecule has 9 heteroatoms. The molecule has 0 aliphatic carbocycles. The number of nitrogens with zero attached hydrogens (tertiary/aromatic N) is 3. The predicted octanol–water partition coefficient (Wildman–Crippen LogP) is 3.58. The minimum Gasteiger partial charge on any atom is -0.493 e. The van der Waals surface area contributed by atoms with Gasteiger partial charge >= 0.3 is 5.97 Å². The van der Waals surface area contributed by atoms with Crippen LogP contribution < -0.4 is 14.8 Å². The van der Waals surface area contributed by atoms with Gasteiger partial charge in [0.05, 0.1) is 32.4 Å². The third kappa shape index (κ3) is 6.21. The normalized spacial score (nSPS) is 14.4. The molecule has 1 fully saturated rings. The van der Waals surface area contributed by atoms with Crippen LogP contribution in [0, 0.1) is 0 Å². The van der Waals surface area contributed by atoms with E-state index in [1.54, 1.807) is 13.2 Å². The molecular formula is C25H28N4O5. The van der Waals surface area contributed by atoms with Crippen molar-refractivity contribution in [3.63, 3.8) is 0 Å². The van der Waals surface area contributed by atoms with Crippen LogP contribution in [0.5, 0.6) is 11.5 Å². The summed E-state index contributed by atoms with van der Waals surface area (Å²) in [7, 11) is 1.61. The molecule has 0 bridgehead atoms. The zero-order chi connectivity index (χ0) is 23.8. The van der Waals surface area contributed by atoms with Gasteiger partial charge in [0.2, 0.25) is 0 Å². The van der Waals surface area contributed by atoms with E-state index < -0.39 is 5.97 Å². The van der Waals surface area contributed by atoms with Gasteiger partial charge < -0.3 is 24.6 Å². The number of ether oxygens (including phenoxy) is 3. The summed E-state index contributed by atoms with van der Waals surface area (Å²) in [6.07, 6.45) is 5.06. The lowest BCUT2D eigenvalue weighted by molar-refractivity contribution is -0.131. The van der Waals surface area contributed by atoms with Gasteiger partial charge in [-0.05, 0) is 36.3 Å². The van der Waals surface area contributed by atoms with Crippen LogP contribution in [0.25, 0.3) is 17.0 Å². The molecule has 3 aromatic rings. The van der Waals surface area contributed by atoms with E-state index in [9.17, 15) is 4.79 Å². The van der Waals surface area contributed by atoms with Crippen LogP contribution in [0.2, 0.25) is 0 Å². The number of morpholine rings is 1. The Hall–Kier alpha value is -3.69. The highest BCUT2D eigenvalue weighted by atomic mass is 16.5. The van der Waals surface area contributed by atoms with Crippen molar-refractivity contribution in [2.45, 2.75) is 6.42 Å². The van der Waals surface area contributed by atoms with Crippen molar-refractivity contribution in [1.29, 1.82) is 0 Å². The summed E-state index contributed by atoms with van der Waals surface area (Å²) in [5, 5.41) is 12.9. The van der Waals surface area contributed by atoms with Crippen LogP contribution in [0.4, 0.5) is 11.5 Å². The van der Waals surface area contributed by atoms with Crippen LogP contribution in [0.1, 0.15) is 12.0 Å². The fraction of sp³-hybridized carbons (Fsp3) is 0.320. The van der Waals surface area contributed by atoms with Gasteiger partial charge in [-0.1, -0.05) is 12.1 Å². The fourth-order valence-corrected chi connectivity index (χ4v) is 3.71.